The lowest BCUT2D eigenvalue weighted by atomic mass is 10.0. The van der Waals surface area contributed by atoms with E-state index in [1.807, 2.05) is 12.1 Å². The fourth-order valence-corrected chi connectivity index (χ4v) is 2.99. The van der Waals surface area contributed by atoms with Gasteiger partial charge in [0.1, 0.15) is 0 Å². The quantitative estimate of drug-likeness (QED) is 0.855. The van der Waals surface area contributed by atoms with Crippen LogP contribution < -0.4 is 10.6 Å². The molecule has 0 bridgehead atoms. The van der Waals surface area contributed by atoms with Crippen molar-refractivity contribution in [1.82, 2.24) is 15.5 Å². The Morgan fingerprint density at radius 2 is 1.95 bits per heavy atom. The second-order valence-electron chi connectivity index (χ2n) is 5.68. The van der Waals surface area contributed by atoms with E-state index in [2.05, 4.69) is 10.6 Å². The number of benzene rings is 1. The Hall–Kier alpha value is -2.37. The Labute approximate surface area is 128 Å². The molecule has 22 heavy (non-hydrogen) atoms. The van der Waals surface area contributed by atoms with Gasteiger partial charge in [0.2, 0.25) is 11.8 Å². The minimum atomic E-state index is -0.314. The van der Waals surface area contributed by atoms with Crippen molar-refractivity contribution >= 4 is 17.7 Å². The number of carbonyl (C=O) groups excluding carboxylic acids is 3. The molecule has 2 heterocycles. The van der Waals surface area contributed by atoms with E-state index < -0.39 is 0 Å². The number of hydrogen-bond donors (Lipinski definition) is 2. The first kappa shape index (κ1) is 14.6. The summed E-state index contributed by atoms with van der Waals surface area (Å²) in [5.41, 5.74) is 1.46. The summed E-state index contributed by atoms with van der Waals surface area (Å²) in [6, 6.07) is 6.93. The van der Waals surface area contributed by atoms with Gasteiger partial charge in [-0.1, -0.05) is 18.2 Å². The molecule has 6 heteroatoms. The molecule has 0 aromatic heterocycles. The standard InChI is InChI=1S/C16H19N3O3/c20-14(17-10-15(21)19-7-3-4-8-19)9-13-11-5-1-2-6-12(11)16(22)18-13/h1-2,5-6,13H,3-4,7-10H2,(H,17,20)(H,18,22)/t13-/m1/s1. The number of rotatable bonds is 4. The van der Waals surface area contributed by atoms with Crippen molar-refractivity contribution in [3.8, 4) is 0 Å². The van der Waals surface area contributed by atoms with Crippen molar-refractivity contribution in [2.45, 2.75) is 25.3 Å². The molecule has 0 radical (unpaired) electrons. The molecule has 0 aliphatic carbocycles. The molecule has 116 valence electrons. The van der Waals surface area contributed by atoms with Gasteiger partial charge >= 0.3 is 0 Å². The van der Waals surface area contributed by atoms with Gasteiger partial charge in [0.15, 0.2) is 0 Å². The van der Waals surface area contributed by atoms with Crippen LogP contribution >= 0.6 is 0 Å². The molecule has 6 nitrogen and oxygen atoms in total. The number of carbonyl (C=O) groups is 3. The Kier molecular flexibility index (Phi) is 4.09. The Bertz CT molecular complexity index is 608. The van der Waals surface area contributed by atoms with Crippen molar-refractivity contribution in [1.29, 1.82) is 0 Å². The first-order valence-corrected chi connectivity index (χ1v) is 7.59. The lowest BCUT2D eigenvalue weighted by Gasteiger charge is -2.16. The third-order valence-electron chi connectivity index (χ3n) is 4.17. The first-order valence-electron chi connectivity index (χ1n) is 7.59. The van der Waals surface area contributed by atoms with Gasteiger partial charge in [0, 0.05) is 18.7 Å². The van der Waals surface area contributed by atoms with E-state index in [-0.39, 0.29) is 36.7 Å². The maximum Gasteiger partial charge on any atom is 0.252 e. The van der Waals surface area contributed by atoms with Gasteiger partial charge in [-0.05, 0) is 24.5 Å². The normalized spacial score (nSPS) is 19.7. The van der Waals surface area contributed by atoms with Gasteiger partial charge in [-0.25, -0.2) is 0 Å². The number of hydrogen-bond acceptors (Lipinski definition) is 3. The minimum absolute atomic E-state index is 0.0289. The van der Waals surface area contributed by atoms with Crippen LogP contribution in [-0.2, 0) is 9.59 Å². The molecule has 1 fully saturated rings. The monoisotopic (exact) mass is 301 g/mol. The van der Waals surface area contributed by atoms with E-state index in [1.54, 1.807) is 17.0 Å². The van der Waals surface area contributed by atoms with Crippen LogP contribution in [0.2, 0.25) is 0 Å². The zero-order valence-corrected chi connectivity index (χ0v) is 12.3. The van der Waals surface area contributed by atoms with Crippen molar-refractivity contribution in [2.75, 3.05) is 19.6 Å². The first-order chi connectivity index (χ1) is 10.6. The summed E-state index contributed by atoms with van der Waals surface area (Å²) >= 11 is 0. The molecule has 1 aromatic carbocycles. The number of likely N-dealkylation sites (tertiary alicyclic amines) is 1. The van der Waals surface area contributed by atoms with E-state index in [0.717, 1.165) is 31.5 Å². The van der Waals surface area contributed by atoms with Crippen LogP contribution in [0.4, 0.5) is 0 Å². The van der Waals surface area contributed by atoms with Gasteiger partial charge in [0.25, 0.3) is 5.91 Å². The molecule has 3 amide bonds. The highest BCUT2D eigenvalue weighted by atomic mass is 16.2. The molecule has 2 aliphatic heterocycles. The van der Waals surface area contributed by atoms with Crippen LogP contribution in [0.3, 0.4) is 0 Å². The summed E-state index contributed by atoms with van der Waals surface area (Å²) in [5, 5.41) is 5.45. The van der Waals surface area contributed by atoms with Gasteiger partial charge in [-0.2, -0.15) is 0 Å². The van der Waals surface area contributed by atoms with Gasteiger partial charge < -0.3 is 15.5 Å². The highest BCUT2D eigenvalue weighted by Crippen LogP contribution is 2.27. The zero-order valence-electron chi connectivity index (χ0n) is 12.3. The number of nitrogens with zero attached hydrogens (tertiary/aromatic N) is 1. The lowest BCUT2D eigenvalue weighted by Crippen LogP contribution is -2.39. The predicted molar refractivity (Wildman–Crippen MR) is 80.1 cm³/mol. The van der Waals surface area contributed by atoms with Crippen molar-refractivity contribution in [3.63, 3.8) is 0 Å². The summed E-state index contributed by atoms with van der Waals surface area (Å²) in [6.07, 6.45) is 2.21. The van der Waals surface area contributed by atoms with Crippen LogP contribution in [0.5, 0.6) is 0 Å². The van der Waals surface area contributed by atoms with E-state index in [1.165, 1.54) is 0 Å². The number of fused-ring (bicyclic) bond motifs is 1. The van der Waals surface area contributed by atoms with Gasteiger partial charge in [0.05, 0.1) is 19.0 Å². The second-order valence-corrected chi connectivity index (χ2v) is 5.68. The van der Waals surface area contributed by atoms with Crippen LogP contribution in [0, 0.1) is 0 Å². The maximum absolute atomic E-state index is 12.0. The second kappa shape index (κ2) is 6.17. The highest BCUT2D eigenvalue weighted by Gasteiger charge is 2.29. The fourth-order valence-electron chi connectivity index (χ4n) is 2.99. The highest BCUT2D eigenvalue weighted by molar-refractivity contribution is 5.99. The molecular weight excluding hydrogens is 282 g/mol. The van der Waals surface area contributed by atoms with E-state index in [0.29, 0.717) is 5.56 Å². The van der Waals surface area contributed by atoms with Crippen LogP contribution in [0.25, 0.3) is 0 Å². The van der Waals surface area contributed by atoms with Crippen LogP contribution in [0.1, 0.15) is 41.2 Å². The number of amides is 3. The smallest absolute Gasteiger partial charge is 0.252 e. The minimum Gasteiger partial charge on any atom is -0.347 e. The van der Waals surface area contributed by atoms with Gasteiger partial charge in [-0.3, -0.25) is 14.4 Å². The number of nitrogens with one attached hydrogen (secondary N) is 2. The predicted octanol–water partition coefficient (Wildman–Crippen LogP) is 0.600. The van der Waals surface area contributed by atoms with Crippen molar-refractivity contribution in [3.05, 3.63) is 35.4 Å². The summed E-state index contributed by atoms with van der Waals surface area (Å²) in [5.74, 6) is -0.419. The van der Waals surface area contributed by atoms with Crippen molar-refractivity contribution in [2.24, 2.45) is 0 Å². The SMILES string of the molecule is O=C(C[C@H]1NC(=O)c2ccccc21)NCC(=O)N1CCCC1. The molecule has 3 rings (SSSR count). The van der Waals surface area contributed by atoms with E-state index >= 15 is 0 Å². The Morgan fingerprint density at radius 3 is 2.73 bits per heavy atom. The molecule has 0 unspecified atom stereocenters. The maximum atomic E-state index is 12.0. The summed E-state index contributed by atoms with van der Waals surface area (Å²) in [4.78, 5) is 37.4. The molecular formula is C16H19N3O3. The topological polar surface area (TPSA) is 78.5 Å². The molecule has 2 N–H and O–H groups in total. The largest absolute Gasteiger partial charge is 0.347 e. The third-order valence-corrected chi connectivity index (χ3v) is 4.17. The zero-order chi connectivity index (χ0) is 15.5. The Balaban J connectivity index is 1.52. The van der Waals surface area contributed by atoms with E-state index in [4.69, 9.17) is 0 Å². The summed E-state index contributed by atoms with van der Waals surface area (Å²) in [6.45, 7) is 1.59. The van der Waals surface area contributed by atoms with Crippen LogP contribution in [0.15, 0.2) is 24.3 Å². The van der Waals surface area contributed by atoms with Gasteiger partial charge in [-0.15, -0.1) is 0 Å². The average Bonchev–Trinajstić information content (AvgIpc) is 3.15. The van der Waals surface area contributed by atoms with E-state index in [9.17, 15) is 14.4 Å². The summed E-state index contributed by atoms with van der Waals surface area (Å²) in [7, 11) is 0. The molecule has 2 aliphatic rings. The summed E-state index contributed by atoms with van der Waals surface area (Å²) < 4.78 is 0. The third kappa shape index (κ3) is 2.95. The molecule has 1 saturated heterocycles. The Morgan fingerprint density at radius 1 is 1.23 bits per heavy atom. The molecule has 1 aromatic rings. The lowest BCUT2D eigenvalue weighted by molar-refractivity contribution is -0.132. The van der Waals surface area contributed by atoms with Crippen LogP contribution in [-0.4, -0.2) is 42.3 Å². The fraction of sp³-hybridized carbons (Fsp3) is 0.438. The average molecular weight is 301 g/mol. The van der Waals surface area contributed by atoms with Crippen molar-refractivity contribution < 1.29 is 14.4 Å². The molecule has 0 saturated carbocycles. The molecule has 0 spiro atoms. The molecule has 1 atom stereocenters.